The molecule has 0 unspecified atom stereocenters. The van der Waals surface area contributed by atoms with Gasteiger partial charge < -0.3 is 10.1 Å². The third kappa shape index (κ3) is 2.07. The molecule has 1 aromatic carbocycles. The second kappa shape index (κ2) is 4.59. The molecule has 90 valence electrons. The summed E-state index contributed by atoms with van der Waals surface area (Å²) in [5, 5.41) is 11.5. The van der Waals surface area contributed by atoms with Crippen molar-refractivity contribution in [2.45, 2.75) is 0 Å². The predicted octanol–water partition coefficient (Wildman–Crippen LogP) is 4.27. The van der Waals surface area contributed by atoms with Crippen LogP contribution in [0.5, 0.6) is 5.75 Å². The second-order valence-electron chi connectivity index (χ2n) is 3.79. The van der Waals surface area contributed by atoms with E-state index in [1.165, 1.54) is 0 Å². The van der Waals surface area contributed by atoms with Crippen molar-refractivity contribution in [2.24, 2.45) is 0 Å². The first-order valence-corrected chi connectivity index (χ1v) is 6.99. The Morgan fingerprint density at radius 3 is 2.89 bits per heavy atom. The molecule has 5 heteroatoms. The lowest BCUT2D eigenvalue weighted by atomic mass is 10.2. The van der Waals surface area contributed by atoms with Crippen molar-refractivity contribution in [3.63, 3.8) is 0 Å². The molecule has 18 heavy (non-hydrogen) atoms. The number of hydrogen-bond acceptors (Lipinski definition) is 3. The van der Waals surface area contributed by atoms with Gasteiger partial charge in [0.25, 0.3) is 0 Å². The van der Waals surface area contributed by atoms with Crippen LogP contribution in [0, 0.1) is 0 Å². The first-order valence-electron chi connectivity index (χ1n) is 5.32. The molecule has 0 aliphatic heterocycles. The first kappa shape index (κ1) is 11.5. The molecule has 2 aromatic heterocycles. The molecule has 3 rings (SSSR count). The number of aromatic hydroxyl groups is 1. The molecule has 0 amide bonds. The highest BCUT2D eigenvalue weighted by Gasteiger charge is 2.07. The lowest BCUT2D eigenvalue weighted by molar-refractivity contribution is 0.472. The summed E-state index contributed by atoms with van der Waals surface area (Å²) in [4.78, 5) is 8.80. The second-order valence-corrected chi connectivity index (χ2v) is 5.59. The maximum atomic E-state index is 9.47. The normalized spacial score (nSPS) is 10.7. The van der Waals surface area contributed by atoms with Crippen molar-refractivity contribution in [1.82, 2.24) is 9.97 Å². The zero-order valence-corrected chi connectivity index (χ0v) is 11.6. The number of phenolic OH excluding ortho intramolecular Hbond substituents is 1. The summed E-state index contributed by atoms with van der Waals surface area (Å²) in [7, 11) is 0. The Morgan fingerprint density at radius 1 is 1.28 bits per heavy atom. The van der Waals surface area contributed by atoms with E-state index in [1.807, 2.05) is 29.8 Å². The van der Waals surface area contributed by atoms with E-state index in [0.29, 0.717) is 4.47 Å². The van der Waals surface area contributed by atoms with Crippen LogP contribution < -0.4 is 0 Å². The van der Waals surface area contributed by atoms with Gasteiger partial charge in [-0.25, -0.2) is 4.98 Å². The SMILES string of the molecule is Oc1ccc(-c2ncc(-c3cccs3)[nH]2)cc1Br. The molecule has 2 N–H and O–H groups in total. The summed E-state index contributed by atoms with van der Waals surface area (Å²) in [6.45, 7) is 0. The van der Waals surface area contributed by atoms with E-state index >= 15 is 0 Å². The van der Waals surface area contributed by atoms with Crippen LogP contribution in [-0.2, 0) is 0 Å². The lowest BCUT2D eigenvalue weighted by Crippen LogP contribution is -1.81. The highest BCUT2D eigenvalue weighted by atomic mass is 79.9. The average Bonchev–Trinajstić information content (AvgIpc) is 3.01. The van der Waals surface area contributed by atoms with Gasteiger partial charge >= 0.3 is 0 Å². The van der Waals surface area contributed by atoms with E-state index in [1.54, 1.807) is 17.4 Å². The Kier molecular flexibility index (Phi) is 2.93. The number of imidazole rings is 1. The van der Waals surface area contributed by atoms with E-state index in [4.69, 9.17) is 0 Å². The van der Waals surface area contributed by atoms with E-state index in [0.717, 1.165) is 22.0 Å². The summed E-state index contributed by atoms with van der Waals surface area (Å²) in [6, 6.07) is 9.38. The van der Waals surface area contributed by atoms with E-state index in [-0.39, 0.29) is 5.75 Å². The molecule has 0 saturated heterocycles. The molecule has 2 heterocycles. The molecule has 0 spiro atoms. The predicted molar refractivity (Wildman–Crippen MR) is 76.7 cm³/mol. The maximum absolute atomic E-state index is 9.47. The van der Waals surface area contributed by atoms with E-state index in [9.17, 15) is 5.11 Å². The monoisotopic (exact) mass is 320 g/mol. The Balaban J connectivity index is 2.00. The quantitative estimate of drug-likeness (QED) is 0.740. The minimum absolute atomic E-state index is 0.226. The summed E-state index contributed by atoms with van der Waals surface area (Å²) < 4.78 is 0.661. The van der Waals surface area contributed by atoms with Gasteiger partial charge in [-0.1, -0.05) is 6.07 Å². The zero-order chi connectivity index (χ0) is 12.5. The van der Waals surface area contributed by atoms with Crippen LogP contribution in [0.1, 0.15) is 0 Å². The molecule has 0 radical (unpaired) electrons. The maximum Gasteiger partial charge on any atom is 0.137 e. The average molecular weight is 321 g/mol. The van der Waals surface area contributed by atoms with Crippen molar-refractivity contribution < 1.29 is 5.11 Å². The number of thiophene rings is 1. The zero-order valence-electron chi connectivity index (χ0n) is 9.22. The molecular weight excluding hydrogens is 312 g/mol. The largest absolute Gasteiger partial charge is 0.507 e. The van der Waals surface area contributed by atoms with Gasteiger partial charge in [0.05, 0.1) is 21.2 Å². The highest BCUT2D eigenvalue weighted by Crippen LogP contribution is 2.30. The van der Waals surface area contributed by atoms with E-state index in [2.05, 4.69) is 32.0 Å². The number of nitrogens with zero attached hydrogens (tertiary/aromatic N) is 1. The molecule has 0 atom stereocenters. The number of H-pyrrole nitrogens is 1. The standard InChI is InChI=1S/C13H9BrN2OS/c14-9-6-8(3-4-11(9)17)13-15-7-10(16-13)12-2-1-5-18-12/h1-7,17H,(H,15,16). The van der Waals surface area contributed by atoms with Gasteiger partial charge in [-0.15, -0.1) is 11.3 Å². The van der Waals surface area contributed by atoms with Crippen LogP contribution in [0.15, 0.2) is 46.4 Å². The summed E-state index contributed by atoms with van der Waals surface area (Å²) >= 11 is 4.97. The molecule has 3 nitrogen and oxygen atoms in total. The number of nitrogens with one attached hydrogen (secondary N) is 1. The van der Waals surface area contributed by atoms with Gasteiger partial charge in [0.2, 0.25) is 0 Å². The Hall–Kier alpha value is -1.59. The molecule has 0 fully saturated rings. The number of benzene rings is 1. The first-order chi connectivity index (χ1) is 8.74. The number of aromatic amines is 1. The van der Waals surface area contributed by atoms with Crippen molar-refractivity contribution in [2.75, 3.05) is 0 Å². The van der Waals surface area contributed by atoms with Gasteiger partial charge in [-0.05, 0) is 45.6 Å². The third-order valence-corrected chi connectivity index (χ3v) is 4.12. The van der Waals surface area contributed by atoms with Crippen LogP contribution in [-0.4, -0.2) is 15.1 Å². The van der Waals surface area contributed by atoms with Crippen LogP contribution in [0.4, 0.5) is 0 Å². The number of phenols is 1. The number of aromatic nitrogens is 2. The van der Waals surface area contributed by atoms with Crippen molar-refractivity contribution in [3.8, 4) is 27.7 Å². The van der Waals surface area contributed by atoms with Gasteiger partial charge in [-0.2, -0.15) is 0 Å². The van der Waals surface area contributed by atoms with Crippen LogP contribution >= 0.6 is 27.3 Å². The molecule has 0 aliphatic rings. The number of halogens is 1. The van der Waals surface area contributed by atoms with Crippen molar-refractivity contribution >= 4 is 27.3 Å². The molecule has 3 aromatic rings. The van der Waals surface area contributed by atoms with Crippen LogP contribution in [0.3, 0.4) is 0 Å². The molecule has 0 bridgehead atoms. The minimum atomic E-state index is 0.226. The Morgan fingerprint density at radius 2 is 2.17 bits per heavy atom. The van der Waals surface area contributed by atoms with Crippen molar-refractivity contribution in [1.29, 1.82) is 0 Å². The van der Waals surface area contributed by atoms with Crippen LogP contribution in [0.25, 0.3) is 22.0 Å². The van der Waals surface area contributed by atoms with Crippen LogP contribution in [0.2, 0.25) is 0 Å². The molecule has 0 saturated carbocycles. The van der Waals surface area contributed by atoms with Gasteiger partial charge in [0.1, 0.15) is 11.6 Å². The topological polar surface area (TPSA) is 48.9 Å². The fourth-order valence-electron chi connectivity index (χ4n) is 1.68. The third-order valence-electron chi connectivity index (χ3n) is 2.58. The summed E-state index contributed by atoms with van der Waals surface area (Å²) in [5.41, 5.74) is 1.94. The smallest absolute Gasteiger partial charge is 0.137 e. The molecular formula is C13H9BrN2OS. The minimum Gasteiger partial charge on any atom is -0.507 e. The van der Waals surface area contributed by atoms with E-state index < -0.39 is 0 Å². The number of rotatable bonds is 2. The lowest BCUT2D eigenvalue weighted by Gasteiger charge is -2.00. The molecule has 0 aliphatic carbocycles. The summed E-state index contributed by atoms with van der Waals surface area (Å²) in [5.74, 6) is 1.02. The van der Waals surface area contributed by atoms with Gasteiger partial charge in [-0.3, -0.25) is 0 Å². The van der Waals surface area contributed by atoms with Gasteiger partial charge in [0, 0.05) is 5.56 Å². The van der Waals surface area contributed by atoms with Crippen molar-refractivity contribution in [3.05, 3.63) is 46.4 Å². The summed E-state index contributed by atoms with van der Waals surface area (Å²) in [6.07, 6.45) is 1.82. The fraction of sp³-hybridized carbons (Fsp3) is 0. The van der Waals surface area contributed by atoms with Gasteiger partial charge in [0.15, 0.2) is 0 Å². The number of hydrogen-bond donors (Lipinski definition) is 2. The highest BCUT2D eigenvalue weighted by molar-refractivity contribution is 9.10. The Labute approximate surface area is 116 Å². The fourth-order valence-corrected chi connectivity index (χ4v) is 2.75. The Bertz CT molecular complexity index is 676.